The number of fused-ring (bicyclic) bond motifs is 1. The quantitative estimate of drug-likeness (QED) is 0.803. The Morgan fingerprint density at radius 2 is 1.88 bits per heavy atom. The van der Waals surface area contributed by atoms with Gasteiger partial charge in [0, 0.05) is 7.05 Å². The molecule has 5 heteroatoms. The summed E-state index contributed by atoms with van der Waals surface area (Å²) in [5.41, 5.74) is 3.19. The molecule has 0 spiro atoms. The van der Waals surface area contributed by atoms with Crippen molar-refractivity contribution < 1.29 is 19.1 Å². The van der Waals surface area contributed by atoms with Crippen LogP contribution in [-0.2, 0) is 20.7 Å². The number of hydrogen-bond acceptors (Lipinski definition) is 4. The first kappa shape index (κ1) is 17.2. The molecule has 1 aliphatic rings. The molecular weight excluding hydrogens is 318 g/mol. The van der Waals surface area contributed by atoms with Gasteiger partial charge in [0.2, 0.25) is 5.91 Å². The first-order chi connectivity index (χ1) is 12.1. The molecule has 0 saturated heterocycles. The third-order valence-electron chi connectivity index (χ3n) is 4.50. The number of rotatable bonds is 4. The van der Waals surface area contributed by atoms with Crippen LogP contribution in [0.25, 0.3) is 0 Å². The van der Waals surface area contributed by atoms with Crippen LogP contribution in [0.15, 0.2) is 48.5 Å². The van der Waals surface area contributed by atoms with Crippen LogP contribution in [0, 0.1) is 0 Å². The van der Waals surface area contributed by atoms with Gasteiger partial charge in [-0.2, -0.15) is 0 Å². The van der Waals surface area contributed by atoms with Gasteiger partial charge in [0.05, 0.1) is 37.5 Å². The molecule has 0 unspecified atom stereocenters. The molecule has 0 radical (unpaired) electrons. The van der Waals surface area contributed by atoms with E-state index < -0.39 is 5.97 Å². The maximum absolute atomic E-state index is 12.8. The van der Waals surface area contributed by atoms with E-state index in [2.05, 4.69) is 6.07 Å². The molecule has 2 aromatic rings. The first-order valence-electron chi connectivity index (χ1n) is 8.25. The van der Waals surface area contributed by atoms with E-state index in [1.807, 2.05) is 18.2 Å². The number of carbonyl (C=O) groups excluding carboxylic acids is 2. The number of hydrogen-bond donors (Lipinski definition) is 0. The molecule has 0 aromatic heterocycles. The normalized spacial score (nSPS) is 16.0. The number of nitrogens with zero attached hydrogens (tertiary/aromatic N) is 1. The molecule has 0 bridgehead atoms. The molecule has 0 fully saturated rings. The van der Waals surface area contributed by atoms with Gasteiger partial charge in [-0.1, -0.05) is 36.4 Å². The van der Waals surface area contributed by atoms with Crippen molar-refractivity contribution in [2.45, 2.75) is 18.9 Å². The van der Waals surface area contributed by atoms with Crippen LogP contribution in [0.4, 0.5) is 5.69 Å². The lowest BCUT2D eigenvalue weighted by atomic mass is 9.95. The Balaban J connectivity index is 1.80. The highest BCUT2D eigenvalue weighted by molar-refractivity contribution is 6.02. The summed E-state index contributed by atoms with van der Waals surface area (Å²) < 4.78 is 10.6. The Hall–Kier alpha value is -2.66. The molecule has 3 rings (SSSR count). The van der Waals surface area contributed by atoms with Gasteiger partial charge < -0.3 is 14.4 Å². The zero-order chi connectivity index (χ0) is 17.8. The second kappa shape index (κ2) is 7.49. The minimum absolute atomic E-state index is 0.113. The summed E-state index contributed by atoms with van der Waals surface area (Å²) >= 11 is 0. The average Bonchev–Trinajstić information content (AvgIpc) is 2.67. The average molecular weight is 339 g/mol. The largest absolute Gasteiger partial charge is 0.465 e. The van der Waals surface area contributed by atoms with Crippen LogP contribution < -0.4 is 4.90 Å². The SMILES string of the molecule is COC(=O)c1ccccc1N(C)C(=O)C[C@@H]1OCCc2ccccc21. The van der Waals surface area contributed by atoms with Crippen molar-refractivity contribution in [2.75, 3.05) is 25.7 Å². The van der Waals surface area contributed by atoms with Crippen LogP contribution in [-0.4, -0.2) is 32.6 Å². The molecule has 1 amide bonds. The second-order valence-electron chi connectivity index (χ2n) is 5.97. The highest BCUT2D eigenvalue weighted by atomic mass is 16.5. The van der Waals surface area contributed by atoms with Gasteiger partial charge in [0.1, 0.15) is 0 Å². The van der Waals surface area contributed by atoms with Crippen LogP contribution in [0.5, 0.6) is 0 Å². The molecule has 0 N–H and O–H groups in total. The van der Waals surface area contributed by atoms with Gasteiger partial charge in [0.25, 0.3) is 0 Å². The standard InChI is InChI=1S/C20H21NO4/c1-21(17-10-6-5-9-16(17)20(23)24-2)19(22)13-18-15-8-4-3-7-14(15)11-12-25-18/h3-10,18H,11-13H2,1-2H3/t18-/m0/s1. The maximum Gasteiger partial charge on any atom is 0.339 e. The van der Waals surface area contributed by atoms with Crippen LogP contribution in [0.1, 0.15) is 34.0 Å². The fourth-order valence-electron chi connectivity index (χ4n) is 3.12. The molecule has 1 aliphatic heterocycles. The van der Waals surface area contributed by atoms with Crippen molar-refractivity contribution in [3.63, 3.8) is 0 Å². The lowest BCUT2D eigenvalue weighted by Gasteiger charge is -2.28. The van der Waals surface area contributed by atoms with Gasteiger partial charge in [-0.15, -0.1) is 0 Å². The molecule has 0 aliphatic carbocycles. The van der Waals surface area contributed by atoms with Crippen molar-refractivity contribution in [1.82, 2.24) is 0 Å². The van der Waals surface area contributed by atoms with Crippen molar-refractivity contribution in [3.05, 3.63) is 65.2 Å². The minimum atomic E-state index is -0.463. The molecule has 25 heavy (non-hydrogen) atoms. The number of methoxy groups -OCH3 is 1. The number of anilines is 1. The van der Waals surface area contributed by atoms with Gasteiger partial charge in [-0.3, -0.25) is 4.79 Å². The lowest BCUT2D eigenvalue weighted by molar-refractivity contribution is -0.121. The molecular formula is C20H21NO4. The summed E-state index contributed by atoms with van der Waals surface area (Å²) in [7, 11) is 2.99. The molecule has 0 saturated carbocycles. The predicted octanol–water partition coefficient (Wildman–Crippen LogP) is 3.14. The zero-order valence-electron chi connectivity index (χ0n) is 14.4. The van der Waals surface area contributed by atoms with Gasteiger partial charge in [-0.25, -0.2) is 4.79 Å². The monoisotopic (exact) mass is 339 g/mol. The van der Waals surface area contributed by atoms with E-state index in [-0.39, 0.29) is 18.4 Å². The third kappa shape index (κ3) is 3.56. The molecule has 1 atom stereocenters. The summed E-state index contributed by atoms with van der Waals surface area (Å²) in [6.07, 6.45) is 0.829. The Labute approximate surface area is 147 Å². The van der Waals surface area contributed by atoms with E-state index in [4.69, 9.17) is 9.47 Å². The molecule has 5 nitrogen and oxygen atoms in total. The minimum Gasteiger partial charge on any atom is -0.465 e. The molecule has 1 heterocycles. The topological polar surface area (TPSA) is 55.8 Å². The predicted molar refractivity (Wildman–Crippen MR) is 94.6 cm³/mol. The van der Waals surface area contributed by atoms with E-state index in [1.165, 1.54) is 17.6 Å². The van der Waals surface area contributed by atoms with E-state index in [1.54, 1.807) is 31.3 Å². The van der Waals surface area contributed by atoms with E-state index >= 15 is 0 Å². The zero-order valence-corrected chi connectivity index (χ0v) is 14.4. The van der Waals surface area contributed by atoms with E-state index in [0.717, 1.165) is 12.0 Å². The summed E-state index contributed by atoms with van der Waals surface area (Å²) in [5, 5.41) is 0. The molecule has 2 aromatic carbocycles. The van der Waals surface area contributed by atoms with Crippen molar-refractivity contribution >= 4 is 17.6 Å². The van der Waals surface area contributed by atoms with Gasteiger partial charge in [-0.05, 0) is 29.7 Å². The Bertz CT molecular complexity index is 787. The highest BCUT2D eigenvalue weighted by Crippen LogP contribution is 2.31. The number of para-hydroxylation sites is 1. The lowest BCUT2D eigenvalue weighted by Crippen LogP contribution is -2.31. The Morgan fingerprint density at radius 3 is 2.68 bits per heavy atom. The highest BCUT2D eigenvalue weighted by Gasteiger charge is 2.26. The first-order valence-corrected chi connectivity index (χ1v) is 8.25. The maximum atomic E-state index is 12.8. The number of ether oxygens (including phenoxy) is 2. The van der Waals surface area contributed by atoms with E-state index in [9.17, 15) is 9.59 Å². The van der Waals surface area contributed by atoms with Crippen molar-refractivity contribution in [2.24, 2.45) is 0 Å². The van der Waals surface area contributed by atoms with Crippen LogP contribution >= 0.6 is 0 Å². The van der Waals surface area contributed by atoms with Crippen molar-refractivity contribution in [3.8, 4) is 0 Å². The number of esters is 1. The molecule has 130 valence electrons. The summed E-state index contributed by atoms with van der Waals surface area (Å²) in [6.45, 7) is 0.609. The van der Waals surface area contributed by atoms with E-state index in [0.29, 0.717) is 17.9 Å². The smallest absolute Gasteiger partial charge is 0.339 e. The van der Waals surface area contributed by atoms with Gasteiger partial charge >= 0.3 is 5.97 Å². The van der Waals surface area contributed by atoms with Crippen LogP contribution in [0.3, 0.4) is 0 Å². The fraction of sp³-hybridized carbons (Fsp3) is 0.300. The summed E-state index contributed by atoms with van der Waals surface area (Å²) in [5.74, 6) is -0.576. The summed E-state index contributed by atoms with van der Waals surface area (Å²) in [6, 6.07) is 15.0. The second-order valence-corrected chi connectivity index (χ2v) is 5.97. The third-order valence-corrected chi connectivity index (χ3v) is 4.50. The summed E-state index contributed by atoms with van der Waals surface area (Å²) in [4.78, 5) is 26.2. The number of amides is 1. The van der Waals surface area contributed by atoms with Crippen LogP contribution in [0.2, 0.25) is 0 Å². The Kier molecular flexibility index (Phi) is 5.14. The number of carbonyl (C=O) groups is 2. The van der Waals surface area contributed by atoms with Crippen molar-refractivity contribution in [1.29, 1.82) is 0 Å². The van der Waals surface area contributed by atoms with Gasteiger partial charge in [0.15, 0.2) is 0 Å². The number of benzene rings is 2. The fourth-order valence-corrected chi connectivity index (χ4v) is 3.12. The Morgan fingerprint density at radius 1 is 1.16 bits per heavy atom.